The molecule has 90 valence electrons. The second-order valence-corrected chi connectivity index (χ2v) is 3.71. The van der Waals surface area contributed by atoms with Gasteiger partial charge in [-0.3, -0.25) is 0 Å². The number of benzene rings is 1. The Bertz CT molecular complexity index is 289. The zero-order chi connectivity index (χ0) is 11.6. The van der Waals surface area contributed by atoms with Gasteiger partial charge < -0.3 is 15.2 Å². The van der Waals surface area contributed by atoms with Gasteiger partial charge in [0, 0.05) is 25.8 Å². The highest BCUT2D eigenvalue weighted by Crippen LogP contribution is 2.17. The van der Waals surface area contributed by atoms with Crippen molar-refractivity contribution in [3.8, 4) is 5.75 Å². The summed E-state index contributed by atoms with van der Waals surface area (Å²) in [5.41, 5.74) is 6.69. The normalized spacial score (nSPS) is 10.4. The molecule has 0 spiro atoms. The van der Waals surface area contributed by atoms with E-state index in [2.05, 4.69) is 0 Å². The van der Waals surface area contributed by atoms with Gasteiger partial charge in [-0.25, -0.2) is 0 Å². The molecule has 0 unspecified atom stereocenters. The molecule has 0 heterocycles. The van der Waals surface area contributed by atoms with Crippen molar-refractivity contribution in [3.63, 3.8) is 0 Å². The van der Waals surface area contributed by atoms with E-state index in [9.17, 15) is 0 Å². The van der Waals surface area contributed by atoms with Crippen LogP contribution in [-0.4, -0.2) is 20.3 Å². The molecule has 0 aliphatic heterocycles. The molecule has 0 aliphatic rings. The zero-order valence-corrected chi connectivity index (χ0v) is 9.95. The largest absolute Gasteiger partial charge is 0.493 e. The topological polar surface area (TPSA) is 44.5 Å². The summed E-state index contributed by atoms with van der Waals surface area (Å²) in [6.07, 6.45) is 3.29. The zero-order valence-electron chi connectivity index (χ0n) is 9.95. The van der Waals surface area contributed by atoms with Crippen molar-refractivity contribution >= 4 is 0 Å². The fourth-order valence-corrected chi connectivity index (χ4v) is 1.52. The molecule has 2 N–H and O–H groups in total. The smallest absolute Gasteiger partial charge is 0.123 e. The van der Waals surface area contributed by atoms with Crippen molar-refractivity contribution in [2.75, 3.05) is 20.3 Å². The van der Waals surface area contributed by atoms with Gasteiger partial charge in [-0.05, 0) is 25.3 Å². The molecule has 16 heavy (non-hydrogen) atoms. The van der Waals surface area contributed by atoms with Crippen LogP contribution in [0.15, 0.2) is 24.3 Å². The Labute approximate surface area is 97.6 Å². The Morgan fingerprint density at radius 3 is 2.56 bits per heavy atom. The lowest BCUT2D eigenvalue weighted by Crippen LogP contribution is -2.03. The van der Waals surface area contributed by atoms with Gasteiger partial charge in [0.05, 0.1) is 6.61 Å². The molecule has 0 bridgehead atoms. The maximum absolute atomic E-state index is 5.69. The molecule has 1 aromatic rings. The van der Waals surface area contributed by atoms with Crippen LogP contribution in [0.2, 0.25) is 0 Å². The van der Waals surface area contributed by atoms with Crippen LogP contribution in [0, 0.1) is 0 Å². The number of rotatable bonds is 8. The number of ether oxygens (including phenoxy) is 2. The Balaban J connectivity index is 2.21. The molecule has 0 radical (unpaired) electrons. The quantitative estimate of drug-likeness (QED) is 0.688. The van der Waals surface area contributed by atoms with E-state index in [1.807, 2.05) is 24.3 Å². The van der Waals surface area contributed by atoms with Crippen LogP contribution in [0.1, 0.15) is 24.8 Å². The molecule has 0 fully saturated rings. The summed E-state index contributed by atoms with van der Waals surface area (Å²) >= 11 is 0. The van der Waals surface area contributed by atoms with E-state index in [1.54, 1.807) is 7.11 Å². The van der Waals surface area contributed by atoms with E-state index < -0.39 is 0 Å². The van der Waals surface area contributed by atoms with Crippen molar-refractivity contribution in [1.29, 1.82) is 0 Å². The minimum atomic E-state index is 0.528. The first-order valence-corrected chi connectivity index (χ1v) is 5.78. The minimum absolute atomic E-state index is 0.528. The molecule has 0 saturated heterocycles. The average Bonchev–Trinajstić information content (AvgIpc) is 2.34. The van der Waals surface area contributed by atoms with E-state index in [0.717, 1.165) is 43.8 Å². The monoisotopic (exact) mass is 223 g/mol. The molecular formula is C13H21NO2. The highest BCUT2D eigenvalue weighted by molar-refractivity contribution is 5.32. The van der Waals surface area contributed by atoms with Crippen LogP contribution in [0.25, 0.3) is 0 Å². The molecule has 3 nitrogen and oxygen atoms in total. The minimum Gasteiger partial charge on any atom is -0.493 e. The summed E-state index contributed by atoms with van der Waals surface area (Å²) in [5.74, 6) is 0.914. The van der Waals surface area contributed by atoms with Gasteiger partial charge in [-0.2, -0.15) is 0 Å². The van der Waals surface area contributed by atoms with Gasteiger partial charge >= 0.3 is 0 Å². The third-order valence-electron chi connectivity index (χ3n) is 2.44. The van der Waals surface area contributed by atoms with Gasteiger partial charge in [-0.15, -0.1) is 0 Å². The Morgan fingerprint density at radius 1 is 1.06 bits per heavy atom. The number of unbranched alkanes of at least 4 members (excludes halogenated alkanes) is 2. The maximum atomic E-state index is 5.69. The first-order chi connectivity index (χ1) is 7.88. The summed E-state index contributed by atoms with van der Waals surface area (Å²) in [7, 11) is 1.73. The standard InChI is InChI=1S/C13H21NO2/c1-15-9-5-2-6-10-16-13-8-4-3-7-12(13)11-14/h3-4,7-8H,2,5-6,9-11,14H2,1H3. The van der Waals surface area contributed by atoms with Crippen LogP contribution in [-0.2, 0) is 11.3 Å². The first-order valence-electron chi connectivity index (χ1n) is 5.78. The predicted octanol–water partition coefficient (Wildman–Crippen LogP) is 2.34. The first kappa shape index (κ1) is 13.0. The number of hydrogen-bond donors (Lipinski definition) is 1. The Morgan fingerprint density at radius 2 is 1.81 bits per heavy atom. The second-order valence-electron chi connectivity index (χ2n) is 3.71. The van der Waals surface area contributed by atoms with Crippen LogP contribution in [0.4, 0.5) is 0 Å². The van der Waals surface area contributed by atoms with Crippen LogP contribution in [0.5, 0.6) is 5.75 Å². The molecule has 0 saturated carbocycles. The van der Waals surface area contributed by atoms with Gasteiger partial charge in [0.1, 0.15) is 5.75 Å². The Kier molecular flexibility index (Phi) is 6.61. The van der Waals surface area contributed by atoms with E-state index >= 15 is 0 Å². The molecule has 1 aromatic carbocycles. The van der Waals surface area contributed by atoms with Crippen molar-refractivity contribution in [2.45, 2.75) is 25.8 Å². The molecular weight excluding hydrogens is 202 g/mol. The SMILES string of the molecule is COCCCCCOc1ccccc1CN. The molecule has 0 amide bonds. The van der Waals surface area contributed by atoms with E-state index in [4.69, 9.17) is 15.2 Å². The molecule has 1 rings (SSSR count). The Hall–Kier alpha value is -1.06. The number of methoxy groups -OCH3 is 1. The lowest BCUT2D eigenvalue weighted by atomic mass is 10.2. The number of hydrogen-bond acceptors (Lipinski definition) is 3. The lowest BCUT2D eigenvalue weighted by molar-refractivity contribution is 0.189. The fraction of sp³-hybridized carbons (Fsp3) is 0.538. The van der Waals surface area contributed by atoms with Gasteiger partial charge in [0.15, 0.2) is 0 Å². The van der Waals surface area contributed by atoms with Crippen LogP contribution >= 0.6 is 0 Å². The van der Waals surface area contributed by atoms with E-state index in [1.165, 1.54) is 0 Å². The third kappa shape index (κ3) is 4.64. The van der Waals surface area contributed by atoms with Crippen molar-refractivity contribution in [3.05, 3.63) is 29.8 Å². The van der Waals surface area contributed by atoms with E-state index in [-0.39, 0.29) is 0 Å². The summed E-state index contributed by atoms with van der Waals surface area (Å²) in [4.78, 5) is 0. The van der Waals surface area contributed by atoms with Crippen molar-refractivity contribution < 1.29 is 9.47 Å². The van der Waals surface area contributed by atoms with Crippen molar-refractivity contribution in [1.82, 2.24) is 0 Å². The van der Waals surface area contributed by atoms with E-state index in [0.29, 0.717) is 6.54 Å². The number of nitrogens with two attached hydrogens (primary N) is 1. The average molecular weight is 223 g/mol. The summed E-state index contributed by atoms with van der Waals surface area (Å²) in [5, 5.41) is 0. The van der Waals surface area contributed by atoms with Crippen molar-refractivity contribution in [2.24, 2.45) is 5.73 Å². The molecule has 0 aromatic heterocycles. The van der Waals surface area contributed by atoms with Crippen LogP contribution in [0.3, 0.4) is 0 Å². The number of para-hydroxylation sites is 1. The van der Waals surface area contributed by atoms with Gasteiger partial charge in [0.2, 0.25) is 0 Å². The summed E-state index contributed by atoms with van der Waals surface area (Å²) in [6.45, 7) is 2.11. The highest BCUT2D eigenvalue weighted by Gasteiger charge is 1.99. The maximum Gasteiger partial charge on any atom is 0.123 e. The fourth-order valence-electron chi connectivity index (χ4n) is 1.52. The van der Waals surface area contributed by atoms with Crippen LogP contribution < -0.4 is 10.5 Å². The summed E-state index contributed by atoms with van der Waals surface area (Å²) < 4.78 is 10.7. The second kappa shape index (κ2) is 8.13. The summed E-state index contributed by atoms with van der Waals surface area (Å²) in [6, 6.07) is 7.92. The lowest BCUT2D eigenvalue weighted by Gasteiger charge is -2.09. The predicted molar refractivity (Wildman–Crippen MR) is 65.6 cm³/mol. The highest BCUT2D eigenvalue weighted by atomic mass is 16.5. The molecule has 0 atom stereocenters. The van der Waals surface area contributed by atoms with Gasteiger partial charge in [0.25, 0.3) is 0 Å². The van der Waals surface area contributed by atoms with Gasteiger partial charge in [-0.1, -0.05) is 18.2 Å². The molecule has 3 heteroatoms. The third-order valence-corrected chi connectivity index (χ3v) is 2.44. The molecule has 0 aliphatic carbocycles.